The van der Waals surface area contributed by atoms with Gasteiger partial charge in [-0.05, 0) is 37.3 Å². The molecule has 6 heteroatoms. The molecule has 4 rings (SSSR count). The second-order valence-corrected chi connectivity index (χ2v) is 6.24. The number of ether oxygens (including phenoxy) is 1. The quantitative estimate of drug-likeness (QED) is 0.367. The van der Waals surface area contributed by atoms with Crippen LogP contribution in [0.15, 0.2) is 81.9 Å². The van der Waals surface area contributed by atoms with Gasteiger partial charge >= 0.3 is 11.9 Å². The van der Waals surface area contributed by atoms with E-state index in [4.69, 9.17) is 14.0 Å². The van der Waals surface area contributed by atoms with Crippen LogP contribution >= 0.6 is 0 Å². The fourth-order valence-corrected chi connectivity index (χ4v) is 2.93. The van der Waals surface area contributed by atoms with Crippen LogP contribution in [-0.4, -0.2) is 24.3 Å². The lowest BCUT2D eigenvalue weighted by Crippen LogP contribution is -2.06. The number of oxime groups is 1. The highest BCUT2D eigenvalue weighted by atomic mass is 16.7. The molecular weight excluding hydrogens is 370 g/mol. The molecule has 0 saturated carbocycles. The standard InChI is InChI=1S/C23H17NO5/c1-2-27-22(25)17-10-8-15(9-11-17)20-13-12-18(28-20)14-19-21(24-29-23(19)26)16-6-4-3-5-7-16/h3-14H,2H2,1H3. The van der Waals surface area contributed by atoms with Gasteiger partial charge in [0.25, 0.3) is 0 Å². The van der Waals surface area contributed by atoms with Crippen LogP contribution in [0.5, 0.6) is 0 Å². The minimum absolute atomic E-state index is 0.327. The predicted molar refractivity (Wildman–Crippen MR) is 107 cm³/mol. The zero-order valence-electron chi connectivity index (χ0n) is 15.6. The second-order valence-electron chi connectivity index (χ2n) is 6.24. The number of carbonyl (C=O) groups is 2. The maximum absolute atomic E-state index is 12.1. The summed E-state index contributed by atoms with van der Waals surface area (Å²) in [7, 11) is 0. The molecule has 0 aliphatic carbocycles. The number of furan rings is 1. The molecule has 144 valence electrons. The minimum Gasteiger partial charge on any atom is -0.462 e. The van der Waals surface area contributed by atoms with E-state index in [1.165, 1.54) is 0 Å². The number of hydrogen-bond donors (Lipinski definition) is 0. The van der Waals surface area contributed by atoms with Crippen LogP contribution < -0.4 is 0 Å². The Morgan fingerprint density at radius 1 is 1.00 bits per heavy atom. The molecule has 3 aromatic rings. The summed E-state index contributed by atoms with van der Waals surface area (Å²) >= 11 is 0. The van der Waals surface area contributed by atoms with Crippen molar-refractivity contribution in [2.24, 2.45) is 5.16 Å². The van der Waals surface area contributed by atoms with Crippen molar-refractivity contribution in [1.82, 2.24) is 0 Å². The Labute approximate surface area is 167 Å². The summed E-state index contributed by atoms with van der Waals surface area (Å²) in [6, 6.07) is 19.8. The molecule has 0 radical (unpaired) electrons. The number of nitrogens with zero attached hydrogens (tertiary/aromatic N) is 1. The third-order valence-corrected chi connectivity index (χ3v) is 4.34. The van der Waals surface area contributed by atoms with E-state index in [1.807, 2.05) is 30.3 Å². The molecule has 0 bridgehead atoms. The molecule has 2 heterocycles. The summed E-state index contributed by atoms with van der Waals surface area (Å²) in [6.45, 7) is 2.09. The summed E-state index contributed by atoms with van der Waals surface area (Å²) in [5, 5.41) is 3.88. The van der Waals surface area contributed by atoms with E-state index in [0.717, 1.165) is 11.1 Å². The van der Waals surface area contributed by atoms with E-state index in [0.29, 0.717) is 35.0 Å². The van der Waals surface area contributed by atoms with Gasteiger partial charge in [-0.15, -0.1) is 0 Å². The summed E-state index contributed by atoms with van der Waals surface area (Å²) in [5.74, 6) is 0.209. The molecule has 0 N–H and O–H groups in total. The molecule has 0 fully saturated rings. The Morgan fingerprint density at radius 2 is 1.76 bits per heavy atom. The lowest BCUT2D eigenvalue weighted by Gasteiger charge is -2.02. The molecule has 0 amide bonds. The lowest BCUT2D eigenvalue weighted by molar-refractivity contribution is -0.136. The first-order valence-corrected chi connectivity index (χ1v) is 9.10. The van der Waals surface area contributed by atoms with Crippen molar-refractivity contribution in [2.45, 2.75) is 6.92 Å². The molecule has 0 unspecified atom stereocenters. The molecular formula is C23H17NO5. The zero-order valence-corrected chi connectivity index (χ0v) is 15.6. The van der Waals surface area contributed by atoms with Gasteiger partial charge in [-0.2, -0.15) is 0 Å². The highest BCUT2D eigenvalue weighted by Crippen LogP contribution is 2.26. The molecule has 1 aliphatic rings. The van der Waals surface area contributed by atoms with Gasteiger partial charge in [0.05, 0.1) is 17.7 Å². The first kappa shape index (κ1) is 18.4. The van der Waals surface area contributed by atoms with E-state index in [-0.39, 0.29) is 5.97 Å². The van der Waals surface area contributed by atoms with Crippen molar-refractivity contribution in [1.29, 1.82) is 0 Å². The maximum Gasteiger partial charge on any atom is 0.368 e. The van der Waals surface area contributed by atoms with E-state index >= 15 is 0 Å². The highest BCUT2D eigenvalue weighted by molar-refractivity contribution is 6.31. The van der Waals surface area contributed by atoms with Gasteiger partial charge in [-0.1, -0.05) is 47.6 Å². The van der Waals surface area contributed by atoms with Gasteiger partial charge in [0.1, 0.15) is 17.2 Å². The van der Waals surface area contributed by atoms with E-state index in [1.54, 1.807) is 49.4 Å². The molecule has 0 atom stereocenters. The number of rotatable bonds is 5. The second kappa shape index (κ2) is 7.98. The van der Waals surface area contributed by atoms with E-state index in [9.17, 15) is 9.59 Å². The first-order valence-electron chi connectivity index (χ1n) is 9.10. The highest BCUT2D eigenvalue weighted by Gasteiger charge is 2.27. The fraction of sp³-hybridized carbons (Fsp3) is 0.0870. The summed E-state index contributed by atoms with van der Waals surface area (Å²) < 4.78 is 10.8. The average Bonchev–Trinajstić information content (AvgIpc) is 3.37. The Morgan fingerprint density at radius 3 is 2.48 bits per heavy atom. The van der Waals surface area contributed by atoms with Crippen LogP contribution in [0.3, 0.4) is 0 Å². The van der Waals surface area contributed by atoms with Crippen molar-refractivity contribution in [2.75, 3.05) is 6.61 Å². The number of carbonyl (C=O) groups excluding carboxylic acids is 2. The van der Waals surface area contributed by atoms with Crippen LogP contribution in [0.25, 0.3) is 17.4 Å². The number of hydrogen-bond acceptors (Lipinski definition) is 6. The van der Waals surface area contributed by atoms with Gasteiger partial charge in [0, 0.05) is 11.1 Å². The van der Waals surface area contributed by atoms with Gasteiger partial charge < -0.3 is 14.0 Å². The van der Waals surface area contributed by atoms with Crippen molar-refractivity contribution >= 4 is 23.7 Å². The van der Waals surface area contributed by atoms with Gasteiger partial charge in [-0.3, -0.25) is 0 Å². The lowest BCUT2D eigenvalue weighted by atomic mass is 10.0. The molecule has 0 spiro atoms. The average molecular weight is 387 g/mol. The van der Waals surface area contributed by atoms with Crippen LogP contribution in [0.4, 0.5) is 0 Å². The van der Waals surface area contributed by atoms with E-state index < -0.39 is 5.97 Å². The van der Waals surface area contributed by atoms with Crippen LogP contribution in [-0.2, 0) is 14.4 Å². The fourth-order valence-electron chi connectivity index (χ4n) is 2.93. The third kappa shape index (κ3) is 3.87. The monoisotopic (exact) mass is 387 g/mol. The van der Waals surface area contributed by atoms with Crippen LogP contribution in [0.2, 0.25) is 0 Å². The largest absolute Gasteiger partial charge is 0.462 e. The first-order chi connectivity index (χ1) is 14.2. The molecule has 0 saturated heterocycles. The summed E-state index contributed by atoms with van der Waals surface area (Å²) in [6.07, 6.45) is 1.61. The predicted octanol–water partition coefficient (Wildman–Crippen LogP) is 4.47. The maximum atomic E-state index is 12.1. The van der Waals surface area contributed by atoms with Crippen molar-refractivity contribution in [3.8, 4) is 11.3 Å². The Bertz CT molecular complexity index is 1110. The van der Waals surface area contributed by atoms with Gasteiger partial charge in [0.15, 0.2) is 0 Å². The van der Waals surface area contributed by atoms with Gasteiger partial charge in [-0.25, -0.2) is 9.59 Å². The van der Waals surface area contributed by atoms with Crippen LogP contribution in [0, 0.1) is 0 Å². The van der Waals surface area contributed by atoms with E-state index in [2.05, 4.69) is 5.16 Å². The topological polar surface area (TPSA) is 78.1 Å². The van der Waals surface area contributed by atoms with Gasteiger partial charge in [0.2, 0.25) is 0 Å². The van der Waals surface area contributed by atoms with Crippen molar-refractivity contribution in [3.63, 3.8) is 0 Å². The third-order valence-electron chi connectivity index (χ3n) is 4.34. The smallest absolute Gasteiger partial charge is 0.368 e. The molecule has 2 aromatic carbocycles. The Kier molecular flexibility index (Phi) is 5.07. The zero-order chi connectivity index (χ0) is 20.2. The van der Waals surface area contributed by atoms with Crippen molar-refractivity contribution in [3.05, 3.63) is 89.2 Å². The minimum atomic E-state index is -0.527. The molecule has 6 nitrogen and oxygen atoms in total. The van der Waals surface area contributed by atoms with Crippen LogP contribution in [0.1, 0.15) is 28.6 Å². The summed E-state index contributed by atoms with van der Waals surface area (Å²) in [4.78, 5) is 28.7. The number of esters is 1. The SMILES string of the molecule is CCOC(=O)c1ccc(-c2ccc(C=C3C(=O)ON=C3c3ccccc3)o2)cc1. The Balaban J connectivity index is 1.58. The molecule has 1 aromatic heterocycles. The Hall–Kier alpha value is -3.93. The number of benzene rings is 2. The molecule has 1 aliphatic heterocycles. The summed E-state index contributed by atoms with van der Waals surface area (Å²) in [5.41, 5.74) is 2.85. The van der Waals surface area contributed by atoms with Crippen molar-refractivity contribution < 1.29 is 23.6 Å². The molecule has 29 heavy (non-hydrogen) atoms. The normalized spacial score (nSPS) is 14.6.